The van der Waals surface area contributed by atoms with Crippen LogP contribution in [-0.4, -0.2) is 34.9 Å². The molecule has 0 unspecified atom stereocenters. The number of nitrogens with one attached hydrogen (secondary N) is 1. The summed E-state index contributed by atoms with van der Waals surface area (Å²) >= 11 is 3.17. The molecule has 84 valence electrons. The molecule has 1 saturated heterocycles. The summed E-state index contributed by atoms with van der Waals surface area (Å²) in [4.78, 5) is 31.8. The lowest BCUT2D eigenvalue weighted by Crippen LogP contribution is -2.52. The van der Waals surface area contributed by atoms with E-state index < -0.39 is 0 Å². The molecule has 1 aromatic heterocycles. The number of anilines is 2. The first kappa shape index (κ1) is 10.8. The van der Waals surface area contributed by atoms with Crippen LogP contribution in [0.1, 0.15) is 0 Å². The number of nitrogens with two attached hydrogens (primary N) is 1. The highest BCUT2D eigenvalue weighted by Gasteiger charge is 2.24. The number of hydrogen-bond donors (Lipinski definition) is 2. The Morgan fingerprint density at radius 1 is 1.31 bits per heavy atom. The molecule has 3 N–H and O–H groups in total. The number of imide groups is 1. The molecule has 0 aliphatic carbocycles. The van der Waals surface area contributed by atoms with Crippen molar-refractivity contribution in [1.29, 1.82) is 0 Å². The minimum atomic E-state index is -0.376. The maximum atomic E-state index is 11.2. The smallest absolute Gasteiger partial charge is 0.246 e. The van der Waals surface area contributed by atoms with Crippen LogP contribution in [-0.2, 0) is 9.59 Å². The molecule has 1 aliphatic rings. The van der Waals surface area contributed by atoms with Crippen molar-refractivity contribution in [2.75, 3.05) is 23.7 Å². The zero-order chi connectivity index (χ0) is 11.7. The van der Waals surface area contributed by atoms with Crippen LogP contribution in [0.3, 0.4) is 0 Å². The molecule has 0 radical (unpaired) electrons. The van der Waals surface area contributed by atoms with Crippen molar-refractivity contribution in [2.24, 2.45) is 0 Å². The van der Waals surface area contributed by atoms with Crippen LogP contribution >= 0.6 is 15.9 Å². The summed E-state index contributed by atoms with van der Waals surface area (Å²) in [6, 6.07) is 1.54. The van der Waals surface area contributed by atoms with Crippen molar-refractivity contribution < 1.29 is 9.59 Å². The topological polar surface area (TPSA) is 101 Å². The summed E-state index contributed by atoms with van der Waals surface area (Å²) in [5, 5.41) is 2.19. The number of aromatic nitrogens is 2. The number of nitrogens with zero attached hydrogens (tertiary/aromatic N) is 3. The van der Waals surface area contributed by atoms with E-state index in [0.717, 1.165) is 0 Å². The Hall–Kier alpha value is -1.70. The van der Waals surface area contributed by atoms with Crippen LogP contribution < -0.4 is 16.0 Å². The Morgan fingerprint density at radius 3 is 2.50 bits per heavy atom. The van der Waals surface area contributed by atoms with Gasteiger partial charge < -0.3 is 10.6 Å². The highest BCUT2D eigenvalue weighted by molar-refractivity contribution is 9.10. The molecule has 0 aromatic carbocycles. The van der Waals surface area contributed by atoms with Crippen molar-refractivity contribution in [1.82, 2.24) is 15.3 Å². The Balaban J connectivity index is 2.29. The first-order valence-corrected chi connectivity index (χ1v) is 5.21. The van der Waals surface area contributed by atoms with E-state index in [1.807, 2.05) is 0 Å². The van der Waals surface area contributed by atoms with Crippen LogP contribution in [0.5, 0.6) is 0 Å². The van der Waals surface area contributed by atoms with E-state index in [1.165, 1.54) is 11.0 Å². The van der Waals surface area contributed by atoms with Gasteiger partial charge in [0.15, 0.2) is 0 Å². The molecular formula is C8H8BrN5O2. The molecule has 1 aromatic rings. The number of halogens is 1. The van der Waals surface area contributed by atoms with Crippen molar-refractivity contribution in [2.45, 2.75) is 0 Å². The SMILES string of the molecule is Nc1cc(Br)nc(N2CC(=O)NC(=O)C2)n1. The zero-order valence-corrected chi connectivity index (χ0v) is 9.69. The second-order valence-electron chi connectivity index (χ2n) is 3.24. The maximum absolute atomic E-state index is 11.2. The van der Waals surface area contributed by atoms with E-state index in [2.05, 4.69) is 31.2 Å². The van der Waals surface area contributed by atoms with Gasteiger partial charge in [0, 0.05) is 6.07 Å². The Morgan fingerprint density at radius 2 is 1.94 bits per heavy atom. The summed E-state index contributed by atoms with van der Waals surface area (Å²) in [6.45, 7) is 0.0866. The van der Waals surface area contributed by atoms with Gasteiger partial charge in [-0.25, -0.2) is 4.98 Å². The summed E-state index contributed by atoms with van der Waals surface area (Å²) in [6.07, 6.45) is 0. The van der Waals surface area contributed by atoms with Crippen molar-refractivity contribution in [3.05, 3.63) is 10.7 Å². The molecule has 1 fully saturated rings. The highest BCUT2D eigenvalue weighted by Crippen LogP contribution is 2.16. The first-order valence-electron chi connectivity index (χ1n) is 4.42. The zero-order valence-electron chi connectivity index (χ0n) is 8.11. The summed E-state index contributed by atoms with van der Waals surface area (Å²) in [5.41, 5.74) is 5.54. The molecule has 2 rings (SSSR count). The van der Waals surface area contributed by atoms with E-state index in [0.29, 0.717) is 4.60 Å². The van der Waals surface area contributed by atoms with Gasteiger partial charge in [-0.3, -0.25) is 14.9 Å². The molecule has 0 atom stereocenters. The third-order valence-electron chi connectivity index (χ3n) is 1.93. The number of carbonyl (C=O) groups is 2. The fourth-order valence-electron chi connectivity index (χ4n) is 1.34. The summed E-state index contributed by atoms with van der Waals surface area (Å²) in [5.74, 6) is -0.220. The molecule has 1 aliphatic heterocycles. The van der Waals surface area contributed by atoms with E-state index >= 15 is 0 Å². The Bertz CT molecular complexity index is 427. The van der Waals surface area contributed by atoms with E-state index in [-0.39, 0.29) is 36.7 Å². The van der Waals surface area contributed by atoms with Gasteiger partial charge >= 0.3 is 0 Å². The van der Waals surface area contributed by atoms with Crippen molar-refractivity contribution in [3.8, 4) is 0 Å². The van der Waals surface area contributed by atoms with Gasteiger partial charge in [-0.1, -0.05) is 0 Å². The van der Waals surface area contributed by atoms with Crippen LogP contribution in [0, 0.1) is 0 Å². The van der Waals surface area contributed by atoms with Crippen LogP contribution in [0.2, 0.25) is 0 Å². The lowest BCUT2D eigenvalue weighted by Gasteiger charge is -2.25. The van der Waals surface area contributed by atoms with E-state index in [9.17, 15) is 9.59 Å². The van der Waals surface area contributed by atoms with E-state index in [4.69, 9.17) is 5.73 Å². The van der Waals surface area contributed by atoms with Crippen LogP contribution in [0.15, 0.2) is 10.7 Å². The second-order valence-corrected chi connectivity index (χ2v) is 4.06. The summed E-state index contributed by atoms with van der Waals surface area (Å²) in [7, 11) is 0. The second kappa shape index (κ2) is 4.05. The van der Waals surface area contributed by atoms with Gasteiger partial charge in [0.05, 0.1) is 0 Å². The average Bonchev–Trinajstić information content (AvgIpc) is 2.14. The van der Waals surface area contributed by atoms with Crippen molar-refractivity contribution >= 4 is 39.5 Å². The largest absolute Gasteiger partial charge is 0.383 e. The molecular weight excluding hydrogens is 278 g/mol. The fraction of sp³-hybridized carbons (Fsp3) is 0.250. The maximum Gasteiger partial charge on any atom is 0.246 e. The minimum absolute atomic E-state index is 0.0433. The molecule has 7 nitrogen and oxygen atoms in total. The highest BCUT2D eigenvalue weighted by atomic mass is 79.9. The Labute approximate surface area is 99.2 Å². The monoisotopic (exact) mass is 285 g/mol. The predicted octanol–water partition coefficient (Wildman–Crippen LogP) is -0.716. The fourth-order valence-corrected chi connectivity index (χ4v) is 1.74. The third kappa shape index (κ3) is 2.27. The summed E-state index contributed by atoms with van der Waals surface area (Å²) < 4.78 is 0.508. The first-order chi connectivity index (χ1) is 7.54. The molecule has 0 spiro atoms. The van der Waals surface area contributed by atoms with Crippen molar-refractivity contribution in [3.63, 3.8) is 0 Å². The molecule has 16 heavy (non-hydrogen) atoms. The van der Waals surface area contributed by atoms with Gasteiger partial charge in [-0.05, 0) is 15.9 Å². The lowest BCUT2D eigenvalue weighted by atomic mass is 10.3. The van der Waals surface area contributed by atoms with E-state index in [1.54, 1.807) is 0 Å². The molecule has 0 bridgehead atoms. The number of hydrogen-bond acceptors (Lipinski definition) is 6. The number of nitrogen functional groups attached to an aromatic ring is 1. The van der Waals surface area contributed by atoms with Gasteiger partial charge in [-0.15, -0.1) is 0 Å². The van der Waals surface area contributed by atoms with Crippen LogP contribution in [0.25, 0.3) is 0 Å². The standard InChI is InChI=1S/C8H8BrN5O2/c9-4-1-5(10)12-8(11-4)14-2-6(15)13-7(16)3-14/h1H,2-3H2,(H2,10,11,12)(H,13,15,16). The normalized spacial score (nSPS) is 16.2. The minimum Gasteiger partial charge on any atom is -0.383 e. The number of piperazine rings is 1. The van der Waals surface area contributed by atoms with Gasteiger partial charge in [0.1, 0.15) is 23.5 Å². The molecule has 0 saturated carbocycles. The molecule has 2 heterocycles. The van der Waals surface area contributed by atoms with Gasteiger partial charge in [-0.2, -0.15) is 4.98 Å². The predicted molar refractivity (Wildman–Crippen MR) is 59.5 cm³/mol. The average molecular weight is 286 g/mol. The van der Waals surface area contributed by atoms with Crippen LogP contribution in [0.4, 0.5) is 11.8 Å². The number of carbonyl (C=O) groups excluding carboxylic acids is 2. The quantitative estimate of drug-likeness (QED) is 0.522. The molecule has 8 heteroatoms. The number of rotatable bonds is 1. The lowest BCUT2D eigenvalue weighted by molar-refractivity contribution is -0.130. The van der Waals surface area contributed by atoms with Gasteiger partial charge in [0.25, 0.3) is 0 Å². The molecule has 2 amide bonds. The van der Waals surface area contributed by atoms with Gasteiger partial charge in [0.2, 0.25) is 17.8 Å². The third-order valence-corrected chi connectivity index (χ3v) is 2.34. The number of amides is 2. The Kier molecular flexibility index (Phi) is 2.73.